The molecule has 0 bridgehead atoms. The summed E-state index contributed by atoms with van der Waals surface area (Å²) in [6.07, 6.45) is 0. The lowest BCUT2D eigenvalue weighted by molar-refractivity contribution is -0.120. The molecule has 1 amide bonds. The minimum atomic E-state index is -0.226. The summed E-state index contributed by atoms with van der Waals surface area (Å²) in [5, 5.41) is 3.63. The van der Waals surface area contributed by atoms with E-state index in [-0.39, 0.29) is 11.9 Å². The monoisotopic (exact) mass is 415 g/mol. The van der Waals surface area contributed by atoms with Crippen molar-refractivity contribution in [1.29, 1.82) is 0 Å². The molecule has 2 aromatic carbocycles. The second kappa shape index (κ2) is 9.06. The van der Waals surface area contributed by atoms with Gasteiger partial charge in [-0.25, -0.2) is 0 Å². The summed E-state index contributed by atoms with van der Waals surface area (Å²) in [6, 6.07) is 9.81. The number of carbonyl (C=O) groups excluding carboxylic acids is 1. The highest BCUT2D eigenvalue weighted by molar-refractivity contribution is 6.31. The second-order valence-electron chi connectivity index (χ2n) is 7.71. The smallest absolute Gasteiger partial charge is 0.241 e. The largest absolute Gasteiger partial charge is 0.495 e. The van der Waals surface area contributed by atoms with Crippen LogP contribution in [-0.2, 0) is 4.79 Å². The summed E-state index contributed by atoms with van der Waals surface area (Å²) in [5.74, 6) is 0.533. The van der Waals surface area contributed by atoms with Crippen molar-refractivity contribution in [2.75, 3.05) is 43.5 Å². The second-order valence-corrected chi connectivity index (χ2v) is 8.12. The number of aryl methyl sites for hydroxylation is 2. The fourth-order valence-electron chi connectivity index (χ4n) is 3.76. The zero-order valence-electron chi connectivity index (χ0n) is 17.9. The van der Waals surface area contributed by atoms with Gasteiger partial charge in [-0.3, -0.25) is 9.69 Å². The number of halogens is 1. The number of rotatable bonds is 5. The average Bonchev–Trinajstić information content (AvgIpc) is 2.72. The summed E-state index contributed by atoms with van der Waals surface area (Å²) < 4.78 is 5.37. The molecule has 1 heterocycles. The number of amides is 1. The Balaban J connectivity index is 1.63. The molecule has 1 N–H and O–H groups in total. The molecule has 3 rings (SSSR count). The molecule has 29 heavy (non-hydrogen) atoms. The van der Waals surface area contributed by atoms with Crippen LogP contribution in [0.15, 0.2) is 30.3 Å². The molecular formula is C23H30ClN3O2. The van der Waals surface area contributed by atoms with Gasteiger partial charge in [0, 0.05) is 43.0 Å². The van der Waals surface area contributed by atoms with Gasteiger partial charge in [-0.15, -0.1) is 0 Å². The predicted octanol–water partition coefficient (Wildman–Crippen LogP) is 4.42. The Kier molecular flexibility index (Phi) is 6.70. The highest BCUT2D eigenvalue weighted by atomic mass is 35.5. The van der Waals surface area contributed by atoms with Gasteiger partial charge in [0.2, 0.25) is 5.91 Å². The van der Waals surface area contributed by atoms with E-state index in [2.05, 4.69) is 47.2 Å². The normalized spacial score (nSPS) is 15.9. The van der Waals surface area contributed by atoms with E-state index < -0.39 is 0 Å². The van der Waals surface area contributed by atoms with Crippen LogP contribution >= 0.6 is 11.6 Å². The molecule has 0 aliphatic carbocycles. The molecule has 1 saturated heterocycles. The lowest BCUT2D eigenvalue weighted by Crippen LogP contribution is -2.53. The average molecular weight is 416 g/mol. The van der Waals surface area contributed by atoms with Crippen molar-refractivity contribution in [1.82, 2.24) is 4.90 Å². The highest BCUT2D eigenvalue weighted by Crippen LogP contribution is 2.31. The van der Waals surface area contributed by atoms with Crippen molar-refractivity contribution in [2.45, 2.75) is 33.7 Å². The number of benzene rings is 2. The quantitative estimate of drug-likeness (QED) is 0.784. The minimum absolute atomic E-state index is 0.0368. The lowest BCUT2D eigenvalue weighted by atomic mass is 10.1. The maximum absolute atomic E-state index is 12.9. The first kappa shape index (κ1) is 21.5. The van der Waals surface area contributed by atoms with Crippen molar-refractivity contribution in [3.8, 4) is 5.75 Å². The van der Waals surface area contributed by atoms with E-state index in [0.717, 1.165) is 31.7 Å². The molecule has 2 aromatic rings. The lowest BCUT2D eigenvalue weighted by Gasteiger charge is -2.39. The van der Waals surface area contributed by atoms with Crippen molar-refractivity contribution in [2.24, 2.45) is 0 Å². The van der Waals surface area contributed by atoms with Gasteiger partial charge in [-0.1, -0.05) is 23.7 Å². The number of ether oxygens (including phenoxy) is 1. The Hall–Kier alpha value is -2.24. The first-order valence-corrected chi connectivity index (χ1v) is 10.4. The number of piperazine rings is 1. The molecular weight excluding hydrogens is 386 g/mol. The number of hydrogen-bond donors (Lipinski definition) is 1. The van der Waals surface area contributed by atoms with Crippen LogP contribution < -0.4 is 15.0 Å². The first-order chi connectivity index (χ1) is 13.8. The molecule has 1 aliphatic heterocycles. The van der Waals surface area contributed by atoms with Gasteiger partial charge in [0.25, 0.3) is 0 Å². The molecule has 156 valence electrons. The predicted molar refractivity (Wildman–Crippen MR) is 121 cm³/mol. The summed E-state index contributed by atoms with van der Waals surface area (Å²) in [5.41, 5.74) is 5.49. The van der Waals surface area contributed by atoms with Gasteiger partial charge >= 0.3 is 0 Å². The van der Waals surface area contributed by atoms with Crippen LogP contribution in [0.1, 0.15) is 23.6 Å². The molecule has 0 unspecified atom stereocenters. The molecule has 1 fully saturated rings. The SMILES string of the molecule is COc1cc(Cl)c(C)cc1NC(=O)[C@H](C)N1CCN(c2cccc(C)c2C)CC1. The summed E-state index contributed by atoms with van der Waals surface area (Å²) >= 11 is 6.16. The Morgan fingerprint density at radius 3 is 2.45 bits per heavy atom. The Morgan fingerprint density at radius 1 is 1.10 bits per heavy atom. The van der Waals surface area contributed by atoms with E-state index in [1.54, 1.807) is 13.2 Å². The molecule has 0 spiro atoms. The van der Waals surface area contributed by atoms with Gasteiger partial charge in [-0.2, -0.15) is 0 Å². The third-order valence-corrected chi connectivity index (χ3v) is 6.30. The molecule has 0 radical (unpaired) electrons. The zero-order chi connectivity index (χ0) is 21.1. The van der Waals surface area contributed by atoms with E-state index in [4.69, 9.17) is 16.3 Å². The van der Waals surface area contributed by atoms with Crippen LogP contribution in [-0.4, -0.2) is 50.1 Å². The topological polar surface area (TPSA) is 44.8 Å². The molecule has 6 heteroatoms. The molecule has 5 nitrogen and oxygen atoms in total. The Labute approximate surface area is 178 Å². The van der Waals surface area contributed by atoms with Crippen LogP contribution in [0.25, 0.3) is 0 Å². The van der Waals surface area contributed by atoms with E-state index in [1.165, 1.54) is 16.8 Å². The van der Waals surface area contributed by atoms with E-state index in [0.29, 0.717) is 16.5 Å². The third-order valence-electron chi connectivity index (χ3n) is 5.90. The maximum Gasteiger partial charge on any atom is 0.241 e. The van der Waals surface area contributed by atoms with Crippen molar-refractivity contribution < 1.29 is 9.53 Å². The van der Waals surface area contributed by atoms with Gasteiger partial charge in [-0.05, 0) is 56.5 Å². The standard InChI is InChI=1S/C23H30ClN3O2/c1-15-7-6-8-21(17(15)3)27-11-9-26(10-12-27)18(4)23(28)25-20-13-16(2)19(24)14-22(20)29-5/h6-8,13-14,18H,9-12H2,1-5H3,(H,25,28)/t18-/m0/s1. The van der Waals surface area contributed by atoms with Crippen LogP contribution in [0.2, 0.25) is 5.02 Å². The number of methoxy groups -OCH3 is 1. The van der Waals surface area contributed by atoms with E-state index >= 15 is 0 Å². The van der Waals surface area contributed by atoms with Gasteiger partial charge in [0.05, 0.1) is 18.8 Å². The molecule has 1 atom stereocenters. The number of nitrogens with one attached hydrogen (secondary N) is 1. The van der Waals surface area contributed by atoms with Gasteiger partial charge in [0.1, 0.15) is 5.75 Å². The maximum atomic E-state index is 12.9. The van der Waals surface area contributed by atoms with Crippen LogP contribution in [0.5, 0.6) is 5.75 Å². The fourth-order valence-corrected chi connectivity index (χ4v) is 3.91. The van der Waals surface area contributed by atoms with Crippen molar-refractivity contribution in [3.05, 3.63) is 52.0 Å². The summed E-state index contributed by atoms with van der Waals surface area (Å²) in [4.78, 5) is 17.5. The number of carbonyl (C=O) groups is 1. The highest BCUT2D eigenvalue weighted by Gasteiger charge is 2.27. The molecule has 1 aliphatic rings. The molecule has 0 saturated carbocycles. The Bertz CT molecular complexity index is 892. The fraction of sp³-hybridized carbons (Fsp3) is 0.435. The van der Waals surface area contributed by atoms with Gasteiger partial charge < -0.3 is 15.0 Å². The van der Waals surface area contributed by atoms with Crippen LogP contribution in [0, 0.1) is 20.8 Å². The van der Waals surface area contributed by atoms with E-state index in [9.17, 15) is 4.79 Å². The number of nitrogens with zero attached hydrogens (tertiary/aromatic N) is 2. The van der Waals surface area contributed by atoms with Crippen LogP contribution in [0.4, 0.5) is 11.4 Å². The number of anilines is 2. The summed E-state index contributed by atoms with van der Waals surface area (Å²) in [7, 11) is 1.58. The minimum Gasteiger partial charge on any atom is -0.495 e. The van der Waals surface area contributed by atoms with Crippen molar-refractivity contribution >= 4 is 28.9 Å². The van der Waals surface area contributed by atoms with Gasteiger partial charge in [0.15, 0.2) is 0 Å². The van der Waals surface area contributed by atoms with Crippen LogP contribution in [0.3, 0.4) is 0 Å². The van der Waals surface area contributed by atoms with Crippen molar-refractivity contribution in [3.63, 3.8) is 0 Å². The van der Waals surface area contributed by atoms with E-state index in [1.807, 2.05) is 19.9 Å². The third kappa shape index (κ3) is 4.68. The molecule has 0 aromatic heterocycles. The summed E-state index contributed by atoms with van der Waals surface area (Å²) in [6.45, 7) is 11.7. The first-order valence-electron chi connectivity index (χ1n) is 10.0. The number of hydrogen-bond acceptors (Lipinski definition) is 4. The Morgan fingerprint density at radius 2 is 1.79 bits per heavy atom. The zero-order valence-corrected chi connectivity index (χ0v) is 18.6.